The molecule has 0 spiro atoms. The van der Waals surface area contributed by atoms with Gasteiger partial charge in [-0.25, -0.2) is 8.99 Å². The Labute approximate surface area is 71.8 Å². The van der Waals surface area contributed by atoms with Crippen LogP contribution in [0.15, 0.2) is 29.2 Å². The van der Waals surface area contributed by atoms with Gasteiger partial charge in [-0.15, -0.1) is 0 Å². The van der Waals surface area contributed by atoms with E-state index in [1.165, 1.54) is 0 Å². The van der Waals surface area contributed by atoms with Gasteiger partial charge < -0.3 is 5.32 Å². The highest BCUT2D eigenvalue weighted by atomic mass is 32.2. The second kappa shape index (κ2) is 2.48. The van der Waals surface area contributed by atoms with E-state index < -0.39 is 9.73 Å². The molecule has 1 aliphatic rings. The van der Waals surface area contributed by atoms with Crippen molar-refractivity contribution in [3.05, 3.63) is 24.3 Å². The number of hydrogen-bond donors (Lipinski definition) is 2. The summed E-state index contributed by atoms with van der Waals surface area (Å²) in [5.41, 5.74) is 0.851. The maximum Gasteiger partial charge on any atom is 0.0763 e. The summed E-state index contributed by atoms with van der Waals surface area (Å²) in [6.45, 7) is 0.638. The van der Waals surface area contributed by atoms with E-state index in [0.29, 0.717) is 17.2 Å². The Hall–Kier alpha value is -1.03. The maximum atomic E-state index is 11.7. The lowest BCUT2D eigenvalue weighted by atomic mass is 10.3. The Morgan fingerprint density at radius 1 is 1.42 bits per heavy atom. The molecule has 64 valence electrons. The quantitative estimate of drug-likeness (QED) is 0.639. The molecule has 0 aliphatic carbocycles. The van der Waals surface area contributed by atoms with Crippen molar-refractivity contribution < 1.29 is 4.21 Å². The Kier molecular flexibility index (Phi) is 1.58. The number of fused-ring (bicyclic) bond motifs is 1. The van der Waals surface area contributed by atoms with Crippen LogP contribution in [-0.4, -0.2) is 16.5 Å². The van der Waals surface area contributed by atoms with E-state index in [1.807, 2.05) is 18.2 Å². The van der Waals surface area contributed by atoms with Crippen LogP contribution in [0.3, 0.4) is 0 Å². The molecule has 1 unspecified atom stereocenters. The fourth-order valence-corrected chi connectivity index (χ4v) is 2.74. The first-order valence-corrected chi connectivity index (χ1v) is 5.52. The fraction of sp³-hybridized carbons (Fsp3) is 0.250. The Morgan fingerprint density at radius 2 is 2.17 bits per heavy atom. The predicted molar refractivity (Wildman–Crippen MR) is 48.9 cm³/mol. The maximum absolute atomic E-state index is 11.7. The average Bonchev–Trinajstić information content (AvgIpc) is 2.04. The van der Waals surface area contributed by atoms with Crippen molar-refractivity contribution in [3.63, 3.8) is 0 Å². The Morgan fingerprint density at radius 3 is 2.92 bits per heavy atom. The number of benzene rings is 1. The molecule has 0 radical (unpaired) electrons. The van der Waals surface area contributed by atoms with E-state index in [2.05, 4.69) is 5.32 Å². The van der Waals surface area contributed by atoms with Crippen LogP contribution < -0.4 is 5.32 Å². The fourth-order valence-electron chi connectivity index (χ4n) is 1.34. The molecular weight excluding hydrogens is 172 g/mol. The molecule has 1 aromatic rings. The first-order chi connectivity index (χ1) is 5.70. The lowest BCUT2D eigenvalue weighted by Crippen LogP contribution is -2.21. The van der Waals surface area contributed by atoms with Gasteiger partial charge in [0.1, 0.15) is 0 Å². The minimum Gasteiger partial charge on any atom is -0.383 e. The topological polar surface area (TPSA) is 53.0 Å². The number of hydrogen-bond acceptors (Lipinski definition) is 3. The molecule has 2 rings (SSSR count). The van der Waals surface area contributed by atoms with E-state index in [1.54, 1.807) is 6.07 Å². The molecule has 1 aliphatic heterocycles. The third kappa shape index (κ3) is 1.08. The molecule has 1 atom stereocenters. The van der Waals surface area contributed by atoms with Crippen molar-refractivity contribution in [3.8, 4) is 0 Å². The third-order valence-corrected chi connectivity index (χ3v) is 3.79. The molecule has 0 saturated heterocycles. The highest BCUT2D eigenvalue weighted by Gasteiger charge is 2.18. The molecule has 0 amide bonds. The molecular formula is C8H10N2OS. The van der Waals surface area contributed by atoms with Crippen molar-refractivity contribution in [2.75, 3.05) is 17.6 Å². The van der Waals surface area contributed by atoms with E-state index in [0.717, 1.165) is 5.69 Å². The van der Waals surface area contributed by atoms with E-state index in [4.69, 9.17) is 4.78 Å². The van der Waals surface area contributed by atoms with Crippen LogP contribution in [0.4, 0.5) is 5.69 Å². The van der Waals surface area contributed by atoms with Gasteiger partial charge in [0.25, 0.3) is 0 Å². The summed E-state index contributed by atoms with van der Waals surface area (Å²) in [5.74, 6) is 0.421. The number of nitrogens with one attached hydrogen (secondary N) is 2. The predicted octanol–water partition coefficient (Wildman–Crippen LogP) is 1.52. The first kappa shape index (κ1) is 7.61. The number of anilines is 1. The van der Waals surface area contributed by atoms with Gasteiger partial charge in [-0.1, -0.05) is 12.1 Å². The zero-order valence-corrected chi connectivity index (χ0v) is 7.36. The van der Waals surface area contributed by atoms with Gasteiger partial charge in [0, 0.05) is 6.54 Å². The molecule has 0 saturated carbocycles. The lowest BCUT2D eigenvalue weighted by Gasteiger charge is -2.19. The summed E-state index contributed by atoms with van der Waals surface area (Å²) in [6, 6.07) is 7.33. The number of rotatable bonds is 0. The van der Waals surface area contributed by atoms with Crippen LogP contribution in [0, 0.1) is 4.78 Å². The molecule has 12 heavy (non-hydrogen) atoms. The molecule has 2 N–H and O–H groups in total. The van der Waals surface area contributed by atoms with Crippen molar-refractivity contribution in [2.45, 2.75) is 4.90 Å². The van der Waals surface area contributed by atoms with Gasteiger partial charge in [0.05, 0.1) is 26.1 Å². The van der Waals surface area contributed by atoms with Gasteiger partial charge in [-0.05, 0) is 12.1 Å². The van der Waals surface area contributed by atoms with Gasteiger partial charge in [-0.2, -0.15) is 0 Å². The molecule has 0 aromatic heterocycles. The van der Waals surface area contributed by atoms with Crippen LogP contribution >= 0.6 is 0 Å². The van der Waals surface area contributed by atoms with Crippen molar-refractivity contribution >= 4 is 15.4 Å². The highest BCUT2D eigenvalue weighted by molar-refractivity contribution is 7.92. The molecule has 3 nitrogen and oxygen atoms in total. The highest BCUT2D eigenvalue weighted by Crippen LogP contribution is 2.25. The average molecular weight is 182 g/mol. The van der Waals surface area contributed by atoms with Gasteiger partial charge in [-0.3, -0.25) is 0 Å². The summed E-state index contributed by atoms with van der Waals surface area (Å²) in [7, 11) is -2.50. The number of para-hydroxylation sites is 1. The minimum atomic E-state index is -2.50. The smallest absolute Gasteiger partial charge is 0.0763 e. The molecule has 1 heterocycles. The van der Waals surface area contributed by atoms with E-state index in [9.17, 15) is 4.21 Å². The first-order valence-electron chi connectivity index (χ1n) is 3.79. The van der Waals surface area contributed by atoms with Crippen LogP contribution in [-0.2, 0) is 9.73 Å². The van der Waals surface area contributed by atoms with Gasteiger partial charge >= 0.3 is 0 Å². The van der Waals surface area contributed by atoms with Crippen LogP contribution in [0.1, 0.15) is 0 Å². The second-order valence-corrected chi connectivity index (χ2v) is 5.00. The van der Waals surface area contributed by atoms with E-state index >= 15 is 0 Å². The monoisotopic (exact) mass is 182 g/mol. The second-order valence-electron chi connectivity index (χ2n) is 2.80. The summed E-state index contributed by atoms with van der Waals surface area (Å²) in [4.78, 5) is 0.649. The lowest BCUT2D eigenvalue weighted by molar-refractivity contribution is 0.673. The molecule has 1 aromatic carbocycles. The van der Waals surface area contributed by atoms with Crippen molar-refractivity contribution in [1.82, 2.24) is 0 Å². The molecule has 0 fully saturated rings. The van der Waals surface area contributed by atoms with E-state index in [-0.39, 0.29) is 0 Å². The third-order valence-electron chi connectivity index (χ3n) is 1.95. The molecule has 4 heteroatoms. The largest absolute Gasteiger partial charge is 0.383 e. The summed E-state index contributed by atoms with van der Waals surface area (Å²) in [5, 5.41) is 3.12. The van der Waals surface area contributed by atoms with Crippen LogP contribution in [0.5, 0.6) is 0 Å². The summed E-state index contributed by atoms with van der Waals surface area (Å²) in [6.07, 6.45) is 0. The Balaban J connectivity index is 2.67. The SMILES string of the molecule is N=S1(=O)CCNc2ccccc21. The van der Waals surface area contributed by atoms with Crippen LogP contribution in [0.2, 0.25) is 0 Å². The standard InChI is InChI=1S/C8H10N2OS/c9-12(11)6-5-10-7-3-1-2-4-8(7)12/h1-4,9-10H,5-6H2. The van der Waals surface area contributed by atoms with Crippen LogP contribution in [0.25, 0.3) is 0 Å². The normalized spacial score (nSPS) is 27.3. The molecule has 0 bridgehead atoms. The Bertz CT molecular complexity index is 397. The van der Waals surface area contributed by atoms with Gasteiger partial charge in [0.2, 0.25) is 0 Å². The zero-order valence-electron chi connectivity index (χ0n) is 6.54. The summed E-state index contributed by atoms with van der Waals surface area (Å²) < 4.78 is 19.3. The van der Waals surface area contributed by atoms with Crippen molar-refractivity contribution in [1.29, 1.82) is 4.78 Å². The zero-order chi connectivity index (χ0) is 8.60. The van der Waals surface area contributed by atoms with Gasteiger partial charge in [0.15, 0.2) is 0 Å². The minimum absolute atomic E-state index is 0.421. The summed E-state index contributed by atoms with van der Waals surface area (Å²) >= 11 is 0. The van der Waals surface area contributed by atoms with Crippen molar-refractivity contribution in [2.24, 2.45) is 0 Å².